The number of nitrogens with two attached hydrogens (primary N) is 1. The van der Waals surface area contributed by atoms with Crippen LogP contribution in [-0.2, 0) is 11.2 Å². The van der Waals surface area contributed by atoms with E-state index in [0.717, 1.165) is 28.3 Å². The number of rotatable bonds is 4. The van der Waals surface area contributed by atoms with Crippen molar-refractivity contribution in [1.82, 2.24) is 9.55 Å². The zero-order valence-electron chi connectivity index (χ0n) is 13.1. The number of carbonyl (C=O) groups excluding carboxylic acids is 1. The van der Waals surface area contributed by atoms with E-state index < -0.39 is 11.7 Å². The van der Waals surface area contributed by atoms with Crippen LogP contribution < -0.4 is 5.73 Å². The Labute approximate surface area is 147 Å². The van der Waals surface area contributed by atoms with E-state index in [1.54, 1.807) is 12.1 Å². The number of aromatic nitrogens is 2. The molecule has 1 amide bonds. The summed E-state index contributed by atoms with van der Waals surface area (Å²) in [5.41, 5.74) is 9.70. The summed E-state index contributed by atoms with van der Waals surface area (Å²) in [5.74, 6) is -0.846. The minimum Gasteiger partial charge on any atom is -0.369 e. The van der Waals surface area contributed by atoms with Gasteiger partial charge in [0.25, 0.3) is 0 Å². The standard InChI is InChI=1S/C17H15ClFN3OS/c1-9-5-12(15-8-24-17(21-15)7-16(20)23)10(2)22(9)11-3-4-14(19)13(18)6-11/h3-6,8H,7H2,1-2H3,(H2,20,23). The second-order valence-electron chi connectivity index (χ2n) is 5.49. The molecule has 0 aliphatic rings. The number of aryl methyl sites for hydroxylation is 1. The van der Waals surface area contributed by atoms with Gasteiger partial charge in [0.1, 0.15) is 10.8 Å². The fourth-order valence-corrected chi connectivity index (χ4v) is 3.69. The molecule has 7 heteroatoms. The van der Waals surface area contributed by atoms with E-state index in [4.69, 9.17) is 17.3 Å². The van der Waals surface area contributed by atoms with Gasteiger partial charge in [-0.05, 0) is 38.1 Å². The predicted molar refractivity (Wildman–Crippen MR) is 94.2 cm³/mol. The molecule has 3 rings (SSSR count). The smallest absolute Gasteiger partial charge is 0.224 e. The number of hydrogen-bond donors (Lipinski definition) is 1. The molecule has 1 aromatic carbocycles. The number of halogens is 2. The molecule has 0 unspecified atom stereocenters. The molecule has 0 fully saturated rings. The lowest BCUT2D eigenvalue weighted by atomic mass is 10.2. The first-order valence-electron chi connectivity index (χ1n) is 7.24. The van der Waals surface area contributed by atoms with Crippen molar-refractivity contribution in [2.24, 2.45) is 5.73 Å². The van der Waals surface area contributed by atoms with Crippen molar-refractivity contribution in [3.8, 4) is 16.9 Å². The van der Waals surface area contributed by atoms with Gasteiger partial charge in [-0.15, -0.1) is 11.3 Å². The third kappa shape index (κ3) is 3.07. The molecule has 0 saturated carbocycles. The number of thiazole rings is 1. The molecule has 0 radical (unpaired) electrons. The van der Waals surface area contributed by atoms with Gasteiger partial charge in [0.2, 0.25) is 5.91 Å². The zero-order chi connectivity index (χ0) is 17.4. The SMILES string of the molecule is Cc1cc(-c2csc(CC(N)=O)n2)c(C)n1-c1ccc(F)c(Cl)c1. The Hall–Kier alpha value is -2.18. The average molecular weight is 364 g/mol. The van der Waals surface area contributed by atoms with Crippen LogP contribution in [0.5, 0.6) is 0 Å². The molecule has 0 aliphatic carbocycles. The number of primary amides is 1. The highest BCUT2D eigenvalue weighted by Gasteiger charge is 2.16. The summed E-state index contributed by atoms with van der Waals surface area (Å²) < 4.78 is 15.4. The summed E-state index contributed by atoms with van der Waals surface area (Å²) in [5, 5.41) is 2.67. The maximum atomic E-state index is 13.4. The highest BCUT2D eigenvalue weighted by molar-refractivity contribution is 7.10. The molecule has 3 aromatic rings. The summed E-state index contributed by atoms with van der Waals surface area (Å²) in [6, 6.07) is 6.64. The van der Waals surface area contributed by atoms with Crippen molar-refractivity contribution < 1.29 is 9.18 Å². The summed E-state index contributed by atoms with van der Waals surface area (Å²) in [4.78, 5) is 15.5. The van der Waals surface area contributed by atoms with Crippen LogP contribution in [-0.4, -0.2) is 15.5 Å². The van der Waals surface area contributed by atoms with Crippen LogP contribution in [0.3, 0.4) is 0 Å². The minimum absolute atomic E-state index is 0.0824. The molecule has 0 spiro atoms. The second-order valence-corrected chi connectivity index (χ2v) is 6.84. The Bertz CT molecular complexity index is 932. The third-order valence-electron chi connectivity index (χ3n) is 3.75. The van der Waals surface area contributed by atoms with E-state index in [9.17, 15) is 9.18 Å². The number of carbonyl (C=O) groups is 1. The van der Waals surface area contributed by atoms with Gasteiger partial charge >= 0.3 is 0 Å². The lowest BCUT2D eigenvalue weighted by molar-refractivity contribution is -0.117. The van der Waals surface area contributed by atoms with E-state index >= 15 is 0 Å². The van der Waals surface area contributed by atoms with E-state index in [2.05, 4.69) is 4.98 Å². The Morgan fingerprint density at radius 1 is 1.38 bits per heavy atom. The second kappa shape index (κ2) is 6.37. The number of amides is 1. The fourth-order valence-electron chi connectivity index (χ4n) is 2.71. The van der Waals surface area contributed by atoms with Gasteiger partial charge in [0, 0.05) is 28.0 Å². The maximum Gasteiger partial charge on any atom is 0.224 e. The van der Waals surface area contributed by atoms with E-state index in [1.165, 1.54) is 17.4 Å². The van der Waals surface area contributed by atoms with Crippen molar-refractivity contribution in [3.05, 3.63) is 56.9 Å². The first-order chi connectivity index (χ1) is 11.4. The molecule has 2 N–H and O–H groups in total. The average Bonchev–Trinajstić information content (AvgIpc) is 3.06. The molecule has 4 nitrogen and oxygen atoms in total. The van der Waals surface area contributed by atoms with E-state index in [1.807, 2.05) is 29.9 Å². The third-order valence-corrected chi connectivity index (χ3v) is 4.88. The van der Waals surface area contributed by atoms with E-state index in [0.29, 0.717) is 5.01 Å². The zero-order valence-corrected chi connectivity index (χ0v) is 14.7. The van der Waals surface area contributed by atoms with Gasteiger partial charge in [-0.1, -0.05) is 11.6 Å². The highest BCUT2D eigenvalue weighted by Crippen LogP contribution is 2.31. The van der Waals surface area contributed by atoms with Crippen LogP contribution in [0.15, 0.2) is 29.6 Å². The van der Waals surface area contributed by atoms with Gasteiger partial charge in [-0.2, -0.15) is 0 Å². The molecular weight excluding hydrogens is 349 g/mol. The lowest BCUT2D eigenvalue weighted by Crippen LogP contribution is -2.13. The molecule has 2 heterocycles. The van der Waals surface area contributed by atoms with E-state index in [-0.39, 0.29) is 11.4 Å². The lowest BCUT2D eigenvalue weighted by Gasteiger charge is -2.10. The highest BCUT2D eigenvalue weighted by atomic mass is 35.5. The Morgan fingerprint density at radius 3 is 2.79 bits per heavy atom. The molecule has 0 aliphatic heterocycles. The van der Waals surface area contributed by atoms with Crippen LogP contribution in [0.2, 0.25) is 5.02 Å². The van der Waals surface area contributed by atoms with Gasteiger partial charge in [0.15, 0.2) is 0 Å². The van der Waals surface area contributed by atoms with Crippen molar-refractivity contribution in [3.63, 3.8) is 0 Å². The summed E-state index contributed by atoms with van der Waals surface area (Å²) in [6.07, 6.45) is 0.136. The van der Waals surface area contributed by atoms with Gasteiger partial charge in [-0.3, -0.25) is 4.79 Å². The largest absolute Gasteiger partial charge is 0.369 e. The first-order valence-corrected chi connectivity index (χ1v) is 8.50. The topological polar surface area (TPSA) is 60.9 Å². The molecule has 0 saturated heterocycles. The first kappa shape index (κ1) is 16.7. The number of hydrogen-bond acceptors (Lipinski definition) is 3. The van der Waals surface area contributed by atoms with Gasteiger partial charge in [-0.25, -0.2) is 9.37 Å². The molecule has 0 atom stereocenters. The normalized spacial score (nSPS) is 11.0. The van der Waals surface area contributed by atoms with Crippen LogP contribution >= 0.6 is 22.9 Å². The Balaban J connectivity index is 2.04. The van der Waals surface area contributed by atoms with Gasteiger partial charge in [0.05, 0.1) is 17.1 Å². The quantitative estimate of drug-likeness (QED) is 0.760. The van der Waals surface area contributed by atoms with Crippen molar-refractivity contribution in [1.29, 1.82) is 0 Å². The predicted octanol–water partition coefficient (Wildman–Crippen LogP) is 4.04. The van der Waals surface area contributed by atoms with Crippen LogP contribution in [0.25, 0.3) is 16.9 Å². The van der Waals surface area contributed by atoms with Crippen molar-refractivity contribution in [2.75, 3.05) is 0 Å². The maximum absolute atomic E-state index is 13.4. The van der Waals surface area contributed by atoms with Crippen LogP contribution in [0, 0.1) is 19.7 Å². The summed E-state index contributed by atoms with van der Waals surface area (Å²) in [6.45, 7) is 3.93. The molecule has 0 bridgehead atoms. The molecule has 124 valence electrons. The number of nitrogens with zero attached hydrogens (tertiary/aromatic N) is 2. The van der Waals surface area contributed by atoms with Crippen molar-refractivity contribution in [2.45, 2.75) is 20.3 Å². The fraction of sp³-hybridized carbons (Fsp3) is 0.176. The summed E-state index contributed by atoms with van der Waals surface area (Å²) in [7, 11) is 0. The minimum atomic E-state index is -0.446. The van der Waals surface area contributed by atoms with Crippen molar-refractivity contribution >= 4 is 28.8 Å². The Morgan fingerprint density at radius 2 is 2.12 bits per heavy atom. The van der Waals surface area contributed by atoms with Crippen LogP contribution in [0.1, 0.15) is 16.4 Å². The van der Waals surface area contributed by atoms with Gasteiger partial charge < -0.3 is 10.3 Å². The molecule has 24 heavy (non-hydrogen) atoms. The van der Waals surface area contributed by atoms with Crippen LogP contribution in [0.4, 0.5) is 4.39 Å². The molecule has 2 aromatic heterocycles. The summed E-state index contributed by atoms with van der Waals surface area (Å²) >= 11 is 7.31. The monoisotopic (exact) mass is 363 g/mol. The molecular formula is C17H15ClFN3OS. The Kier molecular flexibility index (Phi) is 4.43. The number of benzene rings is 1.